The van der Waals surface area contributed by atoms with Crippen molar-refractivity contribution in [3.05, 3.63) is 69.6 Å². The lowest BCUT2D eigenvalue weighted by atomic mass is 10.0. The molecule has 0 fully saturated rings. The van der Waals surface area contributed by atoms with Gasteiger partial charge in [0.25, 0.3) is 5.56 Å². The summed E-state index contributed by atoms with van der Waals surface area (Å²) < 4.78 is 23.2. The van der Waals surface area contributed by atoms with Crippen LogP contribution in [0.4, 0.5) is 5.69 Å². The van der Waals surface area contributed by atoms with E-state index in [1.54, 1.807) is 18.5 Å². The first-order valence-electron chi connectivity index (χ1n) is 8.58. The number of benzene rings is 1. The predicted octanol–water partition coefficient (Wildman–Crippen LogP) is 2.93. The van der Waals surface area contributed by atoms with Crippen LogP contribution in [0.25, 0.3) is 22.0 Å². The quantitative estimate of drug-likeness (QED) is 0.728. The molecule has 1 atom stereocenters. The Bertz CT molecular complexity index is 1240. The van der Waals surface area contributed by atoms with E-state index in [-0.39, 0.29) is 17.4 Å². The zero-order valence-electron chi connectivity index (χ0n) is 15.0. The number of anilines is 1. The second kappa shape index (κ2) is 6.35. The number of aromatic amines is 1. The van der Waals surface area contributed by atoms with Crippen LogP contribution >= 0.6 is 0 Å². The summed E-state index contributed by atoms with van der Waals surface area (Å²) in [4.78, 5) is 19.9. The number of aromatic nitrogens is 2. The third-order valence-electron chi connectivity index (χ3n) is 4.84. The van der Waals surface area contributed by atoms with Crippen molar-refractivity contribution in [1.29, 1.82) is 0 Å². The molecule has 0 radical (unpaired) electrons. The highest BCUT2D eigenvalue weighted by atomic mass is 32.2. The Morgan fingerprint density at radius 1 is 1.15 bits per heavy atom. The third-order valence-corrected chi connectivity index (χ3v) is 6.23. The second-order valence-electron chi connectivity index (χ2n) is 6.87. The van der Waals surface area contributed by atoms with Gasteiger partial charge in [-0.3, -0.25) is 9.78 Å². The van der Waals surface area contributed by atoms with Crippen molar-refractivity contribution in [1.82, 2.24) is 9.97 Å². The number of pyridine rings is 2. The van der Waals surface area contributed by atoms with Crippen LogP contribution in [0.15, 0.2) is 52.9 Å². The molecule has 0 bridgehead atoms. The lowest BCUT2D eigenvalue weighted by molar-refractivity contribution is 0.605. The maximum atomic E-state index is 12.8. The fourth-order valence-corrected chi connectivity index (χ4v) is 4.49. The van der Waals surface area contributed by atoms with E-state index in [0.717, 1.165) is 16.8 Å². The van der Waals surface area contributed by atoms with Gasteiger partial charge in [-0.2, -0.15) is 0 Å². The zero-order chi connectivity index (χ0) is 19.2. The molecule has 0 saturated heterocycles. The molecule has 4 rings (SSSR count). The minimum absolute atomic E-state index is 0.0258. The van der Waals surface area contributed by atoms with Gasteiger partial charge in [-0.1, -0.05) is 18.2 Å². The number of hydrogen-bond acceptors (Lipinski definition) is 5. The number of fused-ring (bicyclic) bond motifs is 1. The highest BCUT2D eigenvalue weighted by Crippen LogP contribution is 2.26. The topological polar surface area (TPSA) is 91.9 Å². The largest absolute Gasteiger partial charge is 0.376 e. The zero-order valence-corrected chi connectivity index (χ0v) is 15.8. The standard InChI is InChI=1S/C20H19N3O3S/c1-12-3-4-14(7-13(12)2)17-8-15-9-21-10-18(19(15)20(24)23-17)22-16-5-6-27(25,26)11-16/h3-10,16,22H,11H2,1-2H3,(H,23,24)/t16-/m1/s1. The fourth-order valence-electron chi connectivity index (χ4n) is 3.26. The van der Waals surface area contributed by atoms with E-state index in [2.05, 4.69) is 15.3 Å². The molecule has 2 aromatic heterocycles. The first kappa shape index (κ1) is 17.5. The van der Waals surface area contributed by atoms with Crippen molar-refractivity contribution in [2.45, 2.75) is 19.9 Å². The van der Waals surface area contributed by atoms with Crippen molar-refractivity contribution in [2.75, 3.05) is 11.1 Å². The summed E-state index contributed by atoms with van der Waals surface area (Å²) in [7, 11) is -3.18. The number of H-pyrrole nitrogens is 1. The van der Waals surface area contributed by atoms with Gasteiger partial charge in [0.05, 0.1) is 29.1 Å². The van der Waals surface area contributed by atoms with Gasteiger partial charge in [-0.05, 0) is 42.7 Å². The minimum Gasteiger partial charge on any atom is -0.376 e. The molecule has 0 spiro atoms. The van der Waals surface area contributed by atoms with E-state index < -0.39 is 9.84 Å². The van der Waals surface area contributed by atoms with Gasteiger partial charge in [0, 0.05) is 22.7 Å². The maximum Gasteiger partial charge on any atom is 0.258 e. The summed E-state index contributed by atoms with van der Waals surface area (Å²) in [5.74, 6) is -0.0258. The van der Waals surface area contributed by atoms with Crippen LogP contribution in [0, 0.1) is 13.8 Å². The highest BCUT2D eigenvalue weighted by Gasteiger charge is 2.22. The molecule has 6 nitrogen and oxygen atoms in total. The molecule has 1 aromatic carbocycles. The molecule has 2 N–H and O–H groups in total. The third kappa shape index (κ3) is 3.38. The molecule has 3 aromatic rings. The molecule has 0 aliphatic carbocycles. The van der Waals surface area contributed by atoms with E-state index in [4.69, 9.17) is 0 Å². The molecule has 0 saturated carbocycles. The van der Waals surface area contributed by atoms with Crippen LogP contribution in [0.5, 0.6) is 0 Å². The van der Waals surface area contributed by atoms with Crippen LogP contribution in [0.2, 0.25) is 0 Å². The molecule has 1 aliphatic rings. The summed E-state index contributed by atoms with van der Waals surface area (Å²) in [5, 5.41) is 5.47. The Morgan fingerprint density at radius 3 is 2.67 bits per heavy atom. The van der Waals surface area contributed by atoms with Crippen LogP contribution < -0.4 is 10.9 Å². The van der Waals surface area contributed by atoms with E-state index in [9.17, 15) is 13.2 Å². The van der Waals surface area contributed by atoms with E-state index in [1.807, 2.05) is 38.1 Å². The summed E-state index contributed by atoms with van der Waals surface area (Å²) in [6.45, 7) is 4.08. The van der Waals surface area contributed by atoms with Crippen molar-refractivity contribution in [2.24, 2.45) is 0 Å². The van der Waals surface area contributed by atoms with Gasteiger partial charge >= 0.3 is 0 Å². The molecule has 0 unspecified atom stereocenters. The average Bonchev–Trinajstić information content (AvgIpc) is 2.95. The van der Waals surface area contributed by atoms with E-state index >= 15 is 0 Å². The second-order valence-corrected chi connectivity index (χ2v) is 8.80. The molecular weight excluding hydrogens is 362 g/mol. The molecule has 0 amide bonds. The van der Waals surface area contributed by atoms with Crippen LogP contribution in [-0.2, 0) is 9.84 Å². The maximum absolute atomic E-state index is 12.8. The van der Waals surface area contributed by atoms with Gasteiger partial charge in [-0.15, -0.1) is 0 Å². The Hall–Kier alpha value is -2.93. The number of hydrogen-bond donors (Lipinski definition) is 2. The van der Waals surface area contributed by atoms with Crippen molar-refractivity contribution < 1.29 is 8.42 Å². The summed E-state index contributed by atoms with van der Waals surface area (Å²) in [5.41, 5.74) is 4.27. The molecule has 7 heteroatoms. The Balaban J connectivity index is 1.77. The lowest BCUT2D eigenvalue weighted by Gasteiger charge is -2.14. The smallest absolute Gasteiger partial charge is 0.258 e. The first-order chi connectivity index (χ1) is 12.8. The SMILES string of the molecule is Cc1ccc(-c2cc3cncc(N[C@@H]4C=CS(=O)(=O)C4)c3c(=O)[nH]2)cc1C. The molecule has 1 aliphatic heterocycles. The van der Waals surface area contributed by atoms with E-state index in [0.29, 0.717) is 16.5 Å². The van der Waals surface area contributed by atoms with Crippen molar-refractivity contribution in [3.8, 4) is 11.3 Å². The first-order valence-corrected chi connectivity index (χ1v) is 10.3. The summed E-state index contributed by atoms with van der Waals surface area (Å²) in [6, 6.07) is 7.55. The van der Waals surface area contributed by atoms with Gasteiger partial charge in [0.2, 0.25) is 0 Å². The number of aryl methyl sites for hydroxylation is 2. The lowest BCUT2D eigenvalue weighted by Crippen LogP contribution is -2.22. The number of nitrogens with one attached hydrogen (secondary N) is 2. The number of sulfone groups is 1. The fraction of sp³-hybridized carbons (Fsp3) is 0.200. The minimum atomic E-state index is -3.18. The van der Waals surface area contributed by atoms with Crippen molar-refractivity contribution in [3.63, 3.8) is 0 Å². The van der Waals surface area contributed by atoms with Gasteiger partial charge in [-0.25, -0.2) is 8.42 Å². The van der Waals surface area contributed by atoms with Gasteiger partial charge in [0.1, 0.15) is 0 Å². The van der Waals surface area contributed by atoms with Crippen molar-refractivity contribution >= 4 is 26.3 Å². The van der Waals surface area contributed by atoms with Crippen LogP contribution in [-0.4, -0.2) is 30.2 Å². The summed E-state index contributed by atoms with van der Waals surface area (Å²) >= 11 is 0. The molecule has 138 valence electrons. The van der Waals surface area contributed by atoms with Crippen LogP contribution in [0.1, 0.15) is 11.1 Å². The summed E-state index contributed by atoms with van der Waals surface area (Å²) in [6.07, 6.45) is 4.78. The molecular formula is C20H19N3O3S. The number of rotatable bonds is 3. The Labute approximate surface area is 156 Å². The van der Waals surface area contributed by atoms with Gasteiger partial charge in [0.15, 0.2) is 9.84 Å². The predicted molar refractivity (Wildman–Crippen MR) is 108 cm³/mol. The van der Waals surface area contributed by atoms with Gasteiger partial charge < -0.3 is 10.3 Å². The van der Waals surface area contributed by atoms with Crippen LogP contribution in [0.3, 0.4) is 0 Å². The Kier molecular flexibility index (Phi) is 4.11. The monoisotopic (exact) mass is 381 g/mol. The molecule has 3 heterocycles. The van der Waals surface area contributed by atoms with E-state index in [1.165, 1.54) is 11.0 Å². The molecule has 27 heavy (non-hydrogen) atoms. The average molecular weight is 381 g/mol. The number of nitrogens with zero attached hydrogens (tertiary/aromatic N) is 1. The normalized spacial score (nSPS) is 18.1. The Morgan fingerprint density at radius 2 is 1.96 bits per heavy atom. The highest BCUT2D eigenvalue weighted by molar-refractivity contribution is 7.94.